The van der Waals surface area contributed by atoms with E-state index in [2.05, 4.69) is 74.6 Å². The van der Waals surface area contributed by atoms with Crippen LogP contribution in [0.25, 0.3) is 0 Å². The summed E-state index contributed by atoms with van der Waals surface area (Å²) in [4.78, 5) is 26.1. The van der Waals surface area contributed by atoms with Gasteiger partial charge in [0.05, 0.1) is 14.7 Å². The SMILES string of the molecule is CC[Si](CC)(CCCOCC(CCC(C)CC(C)(C)C)C(C)CC(C)(C)C)CCOC(=O)[C@H](Cc1ccccc1)NC(=O)OCc1ccccc1. The molecule has 0 aliphatic rings. The highest BCUT2D eigenvalue weighted by Crippen LogP contribution is 2.34. The van der Waals surface area contributed by atoms with Crippen molar-refractivity contribution < 1.29 is 23.8 Å². The number of amides is 1. The maximum absolute atomic E-state index is 13.4. The summed E-state index contributed by atoms with van der Waals surface area (Å²) in [7, 11) is -1.65. The van der Waals surface area contributed by atoms with Gasteiger partial charge in [-0.15, -0.1) is 0 Å². The first kappa shape index (κ1) is 44.5. The third-order valence-electron chi connectivity index (χ3n) is 10.5. The van der Waals surface area contributed by atoms with E-state index in [0.29, 0.717) is 35.7 Å². The molecule has 3 unspecified atom stereocenters. The molecule has 7 heteroatoms. The largest absolute Gasteiger partial charge is 0.464 e. The first-order chi connectivity index (χ1) is 24.0. The number of esters is 1. The van der Waals surface area contributed by atoms with Gasteiger partial charge in [0.2, 0.25) is 0 Å². The number of hydrogen-bond donors (Lipinski definition) is 1. The normalized spacial score (nSPS) is 14.7. The fourth-order valence-electron chi connectivity index (χ4n) is 7.60. The Labute approximate surface area is 313 Å². The third-order valence-corrected chi connectivity index (χ3v) is 16.2. The maximum Gasteiger partial charge on any atom is 0.408 e. The van der Waals surface area contributed by atoms with E-state index in [-0.39, 0.29) is 6.61 Å². The van der Waals surface area contributed by atoms with Gasteiger partial charge in [-0.05, 0) is 71.4 Å². The van der Waals surface area contributed by atoms with Crippen LogP contribution in [0, 0.1) is 28.6 Å². The molecule has 2 aromatic carbocycles. The summed E-state index contributed by atoms with van der Waals surface area (Å²) in [6.45, 7) is 25.7. The quantitative estimate of drug-likeness (QED) is 0.0702. The standard InChI is InChI=1S/C44H73NO5Si/c1-11-51(12-2,28-19-26-48-34-39(36(4)32-44(8,9)10)25-24-35(3)31-43(5,6)7)29-27-49-41(46)40(30-37-20-15-13-16-21-37)45-42(47)50-33-38-22-17-14-18-23-38/h13-18,20-23,35-36,39-40H,11-12,19,24-34H2,1-10H3,(H,45,47)/t35?,36?,39?,40-/m0/s1. The Morgan fingerprint density at radius 2 is 1.33 bits per heavy atom. The van der Waals surface area contributed by atoms with Gasteiger partial charge < -0.3 is 19.5 Å². The fourth-order valence-corrected chi connectivity index (χ4v) is 11.2. The van der Waals surface area contributed by atoms with Gasteiger partial charge in [-0.2, -0.15) is 0 Å². The highest BCUT2D eigenvalue weighted by atomic mass is 28.3. The Balaban J connectivity index is 1.91. The molecular formula is C44H73NO5Si. The Kier molecular flexibility index (Phi) is 19.6. The number of rotatable bonds is 23. The Morgan fingerprint density at radius 1 is 0.745 bits per heavy atom. The van der Waals surface area contributed by atoms with Crippen LogP contribution in [0.5, 0.6) is 0 Å². The summed E-state index contributed by atoms with van der Waals surface area (Å²) in [5, 5.41) is 2.77. The predicted octanol–water partition coefficient (Wildman–Crippen LogP) is 11.5. The number of nitrogens with one attached hydrogen (secondary N) is 1. The summed E-state index contributed by atoms with van der Waals surface area (Å²) in [5.74, 6) is 1.52. The van der Waals surface area contributed by atoms with E-state index in [0.717, 1.165) is 54.8 Å². The van der Waals surface area contributed by atoms with E-state index in [4.69, 9.17) is 14.2 Å². The lowest BCUT2D eigenvalue weighted by atomic mass is 9.76. The Bertz CT molecular complexity index is 1240. The summed E-state index contributed by atoms with van der Waals surface area (Å²) >= 11 is 0. The molecule has 0 spiro atoms. The summed E-state index contributed by atoms with van der Waals surface area (Å²) < 4.78 is 17.8. The molecule has 2 aromatic rings. The molecule has 288 valence electrons. The van der Waals surface area contributed by atoms with Crippen LogP contribution in [0.15, 0.2) is 60.7 Å². The number of alkyl carbamates (subject to hydrolysis) is 1. The average Bonchev–Trinajstić information content (AvgIpc) is 3.06. The van der Waals surface area contributed by atoms with Crippen molar-refractivity contribution in [3.63, 3.8) is 0 Å². The van der Waals surface area contributed by atoms with Gasteiger partial charge in [0.15, 0.2) is 0 Å². The number of ether oxygens (including phenoxy) is 3. The fraction of sp³-hybridized carbons (Fsp3) is 0.682. The molecule has 6 nitrogen and oxygen atoms in total. The molecule has 0 heterocycles. The number of benzene rings is 2. The minimum absolute atomic E-state index is 0.137. The molecule has 2 rings (SSSR count). The minimum atomic E-state index is -1.65. The first-order valence-electron chi connectivity index (χ1n) is 19.8. The van der Waals surface area contributed by atoms with Crippen molar-refractivity contribution in [2.45, 2.75) is 145 Å². The van der Waals surface area contributed by atoms with Gasteiger partial charge in [0, 0.05) is 19.6 Å². The molecule has 1 N–H and O–H groups in total. The third kappa shape index (κ3) is 19.1. The Morgan fingerprint density at radius 3 is 1.90 bits per heavy atom. The lowest BCUT2D eigenvalue weighted by Gasteiger charge is -2.32. The minimum Gasteiger partial charge on any atom is -0.464 e. The molecule has 51 heavy (non-hydrogen) atoms. The lowest BCUT2D eigenvalue weighted by Crippen LogP contribution is -2.44. The first-order valence-corrected chi connectivity index (χ1v) is 22.6. The van der Waals surface area contributed by atoms with Gasteiger partial charge in [-0.3, -0.25) is 0 Å². The van der Waals surface area contributed by atoms with Gasteiger partial charge >= 0.3 is 12.1 Å². The smallest absolute Gasteiger partial charge is 0.408 e. The number of hydrogen-bond acceptors (Lipinski definition) is 5. The van der Waals surface area contributed by atoms with Crippen LogP contribution in [0.1, 0.15) is 112 Å². The molecule has 0 aliphatic heterocycles. The van der Waals surface area contributed by atoms with Crippen molar-refractivity contribution in [3.8, 4) is 0 Å². The van der Waals surface area contributed by atoms with E-state index in [1.165, 1.54) is 31.7 Å². The molecule has 0 aromatic heterocycles. The van der Waals surface area contributed by atoms with Crippen LogP contribution in [-0.2, 0) is 32.0 Å². The van der Waals surface area contributed by atoms with E-state index < -0.39 is 26.2 Å². The zero-order chi connectivity index (χ0) is 37.9. The van der Waals surface area contributed by atoms with E-state index in [9.17, 15) is 9.59 Å². The molecule has 0 saturated heterocycles. The zero-order valence-corrected chi connectivity index (χ0v) is 35.0. The molecule has 0 saturated carbocycles. The van der Waals surface area contributed by atoms with Crippen molar-refractivity contribution in [3.05, 3.63) is 71.8 Å². The van der Waals surface area contributed by atoms with Crippen molar-refractivity contribution in [1.29, 1.82) is 0 Å². The van der Waals surface area contributed by atoms with Crippen molar-refractivity contribution in [2.75, 3.05) is 19.8 Å². The molecule has 0 aliphatic carbocycles. The molecule has 0 radical (unpaired) electrons. The molecular weight excluding hydrogens is 651 g/mol. The average molecular weight is 724 g/mol. The van der Waals surface area contributed by atoms with Crippen LogP contribution < -0.4 is 5.32 Å². The molecule has 4 atom stereocenters. The second-order valence-corrected chi connectivity index (χ2v) is 23.1. The second kappa shape index (κ2) is 22.4. The van der Waals surface area contributed by atoms with Gasteiger partial charge in [0.1, 0.15) is 12.6 Å². The maximum atomic E-state index is 13.4. The molecule has 1 amide bonds. The summed E-state index contributed by atoms with van der Waals surface area (Å²) in [5.41, 5.74) is 2.52. The highest BCUT2D eigenvalue weighted by Gasteiger charge is 2.30. The number of carbonyl (C=O) groups excluding carboxylic acids is 2. The summed E-state index contributed by atoms with van der Waals surface area (Å²) in [6, 6.07) is 22.8. The van der Waals surface area contributed by atoms with Crippen LogP contribution in [-0.4, -0.2) is 46.0 Å². The topological polar surface area (TPSA) is 73.9 Å². The monoisotopic (exact) mass is 724 g/mol. The zero-order valence-electron chi connectivity index (χ0n) is 34.0. The summed E-state index contributed by atoms with van der Waals surface area (Å²) in [6.07, 6.45) is 5.73. The molecule has 0 bridgehead atoms. The second-order valence-electron chi connectivity index (χ2n) is 17.7. The lowest BCUT2D eigenvalue weighted by molar-refractivity contribution is -0.145. The van der Waals surface area contributed by atoms with Crippen molar-refractivity contribution >= 4 is 20.1 Å². The number of carbonyl (C=O) groups is 2. The predicted molar refractivity (Wildman–Crippen MR) is 216 cm³/mol. The van der Waals surface area contributed by atoms with Gasteiger partial charge in [0.25, 0.3) is 0 Å². The van der Waals surface area contributed by atoms with Crippen LogP contribution in [0.2, 0.25) is 24.2 Å². The van der Waals surface area contributed by atoms with Crippen LogP contribution in [0.4, 0.5) is 4.79 Å². The van der Waals surface area contributed by atoms with E-state index >= 15 is 0 Å². The highest BCUT2D eigenvalue weighted by molar-refractivity contribution is 6.79. The van der Waals surface area contributed by atoms with Crippen molar-refractivity contribution in [1.82, 2.24) is 5.32 Å². The van der Waals surface area contributed by atoms with Crippen molar-refractivity contribution in [2.24, 2.45) is 28.6 Å². The van der Waals surface area contributed by atoms with Gasteiger partial charge in [-0.1, -0.05) is 154 Å². The Hall–Kier alpha value is -2.64. The van der Waals surface area contributed by atoms with Crippen LogP contribution in [0.3, 0.4) is 0 Å². The van der Waals surface area contributed by atoms with Gasteiger partial charge in [-0.25, -0.2) is 9.59 Å². The molecule has 0 fully saturated rings. The van der Waals surface area contributed by atoms with Crippen LogP contribution >= 0.6 is 0 Å². The van der Waals surface area contributed by atoms with E-state index in [1.54, 1.807) is 0 Å². The van der Waals surface area contributed by atoms with E-state index in [1.807, 2.05) is 60.7 Å².